The number of aromatic amines is 1. The van der Waals surface area contributed by atoms with E-state index < -0.39 is 0 Å². The van der Waals surface area contributed by atoms with Gasteiger partial charge < -0.3 is 0 Å². The first-order valence-corrected chi connectivity index (χ1v) is 4.45. The van der Waals surface area contributed by atoms with E-state index in [-0.39, 0.29) is 5.82 Å². The molecule has 3 heteroatoms. The van der Waals surface area contributed by atoms with Gasteiger partial charge >= 0.3 is 0 Å². The second kappa shape index (κ2) is 3.25. The van der Waals surface area contributed by atoms with Gasteiger partial charge in [-0.3, -0.25) is 5.10 Å². The molecule has 0 atom stereocenters. The monoisotopic (exact) mass is 190 g/mol. The Balaban J connectivity index is 2.58. The molecule has 2 aromatic rings. The highest BCUT2D eigenvalue weighted by molar-refractivity contribution is 5.64. The van der Waals surface area contributed by atoms with Gasteiger partial charge in [-0.2, -0.15) is 5.10 Å². The predicted octanol–water partition coefficient (Wildman–Crippen LogP) is 2.83. The van der Waals surface area contributed by atoms with Gasteiger partial charge in [-0.05, 0) is 19.4 Å². The van der Waals surface area contributed by atoms with Gasteiger partial charge in [0.1, 0.15) is 5.69 Å². The zero-order valence-electron chi connectivity index (χ0n) is 8.13. The fourth-order valence-corrected chi connectivity index (χ4v) is 1.55. The van der Waals surface area contributed by atoms with Crippen molar-refractivity contribution in [3.8, 4) is 11.3 Å². The van der Waals surface area contributed by atoms with Crippen LogP contribution in [0.1, 0.15) is 11.1 Å². The Bertz CT molecular complexity index is 460. The molecule has 0 unspecified atom stereocenters. The van der Waals surface area contributed by atoms with Crippen molar-refractivity contribution in [2.45, 2.75) is 13.8 Å². The average Bonchev–Trinajstić information content (AvgIpc) is 2.52. The van der Waals surface area contributed by atoms with Gasteiger partial charge in [-0.1, -0.05) is 23.8 Å². The minimum absolute atomic E-state index is 0.308. The van der Waals surface area contributed by atoms with Crippen molar-refractivity contribution in [2.75, 3.05) is 0 Å². The predicted molar refractivity (Wildman–Crippen MR) is 53.5 cm³/mol. The van der Waals surface area contributed by atoms with E-state index in [1.54, 1.807) is 0 Å². The minimum Gasteiger partial charge on any atom is -0.275 e. The van der Waals surface area contributed by atoms with Crippen LogP contribution in [0.2, 0.25) is 0 Å². The zero-order valence-corrected chi connectivity index (χ0v) is 8.13. The van der Waals surface area contributed by atoms with E-state index in [9.17, 15) is 4.39 Å². The first-order chi connectivity index (χ1) is 6.68. The summed E-state index contributed by atoms with van der Waals surface area (Å²) in [7, 11) is 0. The molecule has 0 bridgehead atoms. The van der Waals surface area contributed by atoms with Crippen LogP contribution >= 0.6 is 0 Å². The van der Waals surface area contributed by atoms with Gasteiger partial charge in [0, 0.05) is 5.56 Å². The lowest BCUT2D eigenvalue weighted by molar-refractivity contribution is 0.632. The number of halogens is 1. The van der Waals surface area contributed by atoms with E-state index in [1.165, 1.54) is 11.8 Å². The molecule has 0 aliphatic rings. The Morgan fingerprint density at radius 2 is 2.07 bits per heavy atom. The molecular weight excluding hydrogens is 179 g/mol. The largest absolute Gasteiger partial charge is 0.275 e. The summed E-state index contributed by atoms with van der Waals surface area (Å²) in [5, 5.41) is 6.32. The Hall–Kier alpha value is -1.64. The Kier molecular flexibility index (Phi) is 2.08. The van der Waals surface area contributed by atoms with Crippen LogP contribution in [-0.4, -0.2) is 10.2 Å². The quantitative estimate of drug-likeness (QED) is 0.736. The molecule has 0 spiro atoms. The van der Waals surface area contributed by atoms with Crippen LogP contribution in [0.3, 0.4) is 0 Å². The smallest absolute Gasteiger partial charge is 0.168 e. The lowest BCUT2D eigenvalue weighted by Crippen LogP contribution is -1.87. The maximum absolute atomic E-state index is 13.2. The van der Waals surface area contributed by atoms with Crippen LogP contribution in [0.4, 0.5) is 4.39 Å². The SMILES string of the molecule is Cc1ccc(-c2[nH]ncc2F)c(C)c1. The molecule has 2 rings (SSSR count). The number of H-pyrrole nitrogens is 1. The molecule has 0 aliphatic heterocycles. The molecule has 2 nitrogen and oxygen atoms in total. The van der Waals surface area contributed by atoms with Crippen LogP contribution in [0.25, 0.3) is 11.3 Å². The van der Waals surface area contributed by atoms with Crippen LogP contribution in [0.15, 0.2) is 24.4 Å². The summed E-state index contributed by atoms with van der Waals surface area (Å²) in [5.41, 5.74) is 3.55. The van der Waals surface area contributed by atoms with Crippen LogP contribution in [0, 0.1) is 19.7 Å². The molecule has 1 heterocycles. The van der Waals surface area contributed by atoms with Crippen molar-refractivity contribution in [3.05, 3.63) is 41.3 Å². The van der Waals surface area contributed by atoms with E-state index >= 15 is 0 Å². The number of benzene rings is 1. The summed E-state index contributed by atoms with van der Waals surface area (Å²) < 4.78 is 13.2. The van der Waals surface area contributed by atoms with Crippen LogP contribution < -0.4 is 0 Å². The summed E-state index contributed by atoms with van der Waals surface area (Å²) in [4.78, 5) is 0. The highest BCUT2D eigenvalue weighted by Gasteiger charge is 2.08. The number of hydrogen-bond acceptors (Lipinski definition) is 1. The van der Waals surface area contributed by atoms with Crippen molar-refractivity contribution in [1.82, 2.24) is 10.2 Å². The van der Waals surface area contributed by atoms with Crippen molar-refractivity contribution in [1.29, 1.82) is 0 Å². The molecule has 72 valence electrons. The summed E-state index contributed by atoms with van der Waals surface area (Å²) in [5.74, 6) is -0.308. The summed E-state index contributed by atoms with van der Waals surface area (Å²) in [6.45, 7) is 3.97. The molecule has 0 radical (unpaired) electrons. The third-order valence-corrected chi connectivity index (χ3v) is 2.24. The maximum Gasteiger partial charge on any atom is 0.168 e. The number of aromatic nitrogens is 2. The fourth-order valence-electron chi connectivity index (χ4n) is 1.55. The minimum atomic E-state index is -0.308. The molecule has 0 saturated carbocycles. The molecule has 1 N–H and O–H groups in total. The third-order valence-electron chi connectivity index (χ3n) is 2.24. The van der Waals surface area contributed by atoms with E-state index in [4.69, 9.17) is 0 Å². The molecular formula is C11H11FN2. The van der Waals surface area contributed by atoms with Gasteiger partial charge in [0.25, 0.3) is 0 Å². The molecule has 0 fully saturated rings. The molecule has 0 saturated heterocycles. The maximum atomic E-state index is 13.2. The number of rotatable bonds is 1. The lowest BCUT2D eigenvalue weighted by Gasteiger charge is -2.04. The average molecular weight is 190 g/mol. The Morgan fingerprint density at radius 3 is 2.64 bits per heavy atom. The number of hydrogen-bond donors (Lipinski definition) is 1. The van der Waals surface area contributed by atoms with E-state index in [0.717, 1.165) is 11.1 Å². The normalized spacial score (nSPS) is 10.5. The van der Waals surface area contributed by atoms with Gasteiger partial charge in [-0.15, -0.1) is 0 Å². The van der Waals surface area contributed by atoms with Crippen molar-refractivity contribution < 1.29 is 4.39 Å². The second-order valence-corrected chi connectivity index (χ2v) is 3.41. The van der Waals surface area contributed by atoms with Gasteiger partial charge in [-0.25, -0.2) is 4.39 Å². The molecule has 1 aromatic carbocycles. The van der Waals surface area contributed by atoms with Gasteiger partial charge in [0.15, 0.2) is 5.82 Å². The first kappa shape index (κ1) is 8.94. The molecule has 1 aromatic heterocycles. The van der Waals surface area contributed by atoms with Crippen molar-refractivity contribution >= 4 is 0 Å². The zero-order chi connectivity index (χ0) is 10.1. The molecule has 0 amide bonds. The van der Waals surface area contributed by atoms with E-state index in [1.807, 2.05) is 32.0 Å². The summed E-state index contributed by atoms with van der Waals surface area (Å²) in [6, 6.07) is 5.89. The number of nitrogens with one attached hydrogen (secondary N) is 1. The van der Waals surface area contributed by atoms with Crippen molar-refractivity contribution in [2.24, 2.45) is 0 Å². The number of nitrogens with zero attached hydrogens (tertiary/aromatic N) is 1. The number of aryl methyl sites for hydroxylation is 2. The van der Waals surface area contributed by atoms with Crippen molar-refractivity contribution in [3.63, 3.8) is 0 Å². The molecule has 0 aliphatic carbocycles. The van der Waals surface area contributed by atoms with Crippen LogP contribution in [0.5, 0.6) is 0 Å². The summed E-state index contributed by atoms with van der Waals surface area (Å²) in [6.07, 6.45) is 1.19. The fraction of sp³-hybridized carbons (Fsp3) is 0.182. The Labute approximate surface area is 81.8 Å². The van der Waals surface area contributed by atoms with Gasteiger partial charge in [0.05, 0.1) is 6.20 Å². The molecule has 14 heavy (non-hydrogen) atoms. The first-order valence-electron chi connectivity index (χ1n) is 4.45. The van der Waals surface area contributed by atoms with Crippen LogP contribution in [-0.2, 0) is 0 Å². The van der Waals surface area contributed by atoms with E-state index in [2.05, 4.69) is 10.2 Å². The summed E-state index contributed by atoms with van der Waals surface area (Å²) >= 11 is 0. The Morgan fingerprint density at radius 1 is 1.29 bits per heavy atom. The highest BCUT2D eigenvalue weighted by Crippen LogP contribution is 2.24. The topological polar surface area (TPSA) is 28.7 Å². The van der Waals surface area contributed by atoms with Gasteiger partial charge in [0.2, 0.25) is 0 Å². The second-order valence-electron chi connectivity index (χ2n) is 3.41. The standard InChI is InChI=1S/C11H11FN2/c1-7-3-4-9(8(2)5-7)11-10(12)6-13-14-11/h3-6H,1-2H3,(H,13,14). The van der Waals surface area contributed by atoms with E-state index in [0.29, 0.717) is 5.69 Å². The highest BCUT2D eigenvalue weighted by atomic mass is 19.1. The third kappa shape index (κ3) is 1.41. The lowest BCUT2D eigenvalue weighted by atomic mass is 10.0.